The van der Waals surface area contributed by atoms with Crippen molar-refractivity contribution in [1.82, 2.24) is 5.32 Å². The molecule has 3 nitrogen and oxygen atoms in total. The largest absolute Gasteiger partial charge is 0.411 e. The lowest BCUT2D eigenvalue weighted by molar-refractivity contribution is 0.311. The van der Waals surface area contributed by atoms with Gasteiger partial charge in [0.25, 0.3) is 0 Å². The highest BCUT2D eigenvalue weighted by Gasteiger charge is 2.21. The van der Waals surface area contributed by atoms with Gasteiger partial charge in [0, 0.05) is 11.5 Å². The van der Waals surface area contributed by atoms with E-state index in [4.69, 9.17) is 5.21 Å². The summed E-state index contributed by atoms with van der Waals surface area (Å²) in [7, 11) is 0. The van der Waals surface area contributed by atoms with Crippen LogP contribution in [0.1, 0.15) is 18.4 Å². The Balaban J connectivity index is 2.22. The van der Waals surface area contributed by atoms with Crippen molar-refractivity contribution in [2.24, 2.45) is 11.1 Å². The Morgan fingerprint density at radius 2 is 2.12 bits per heavy atom. The van der Waals surface area contributed by atoms with E-state index in [2.05, 4.69) is 10.5 Å². The molecule has 1 saturated heterocycles. The van der Waals surface area contributed by atoms with Crippen LogP contribution in [0.25, 0.3) is 0 Å². The van der Waals surface area contributed by atoms with E-state index in [9.17, 15) is 4.39 Å². The SMILES string of the molecule is O/N=C(\c1cccc(F)c1)C1CCNCC1. The molecule has 0 radical (unpaired) electrons. The molecule has 1 heterocycles. The molecule has 4 heteroatoms. The monoisotopic (exact) mass is 222 g/mol. The van der Waals surface area contributed by atoms with Gasteiger partial charge >= 0.3 is 0 Å². The average molecular weight is 222 g/mol. The van der Waals surface area contributed by atoms with Crippen LogP contribution in [0, 0.1) is 11.7 Å². The Kier molecular flexibility index (Phi) is 3.51. The topological polar surface area (TPSA) is 44.6 Å². The zero-order chi connectivity index (χ0) is 11.4. The zero-order valence-electron chi connectivity index (χ0n) is 8.99. The van der Waals surface area contributed by atoms with Gasteiger partial charge in [-0.25, -0.2) is 4.39 Å². The average Bonchev–Trinajstić information content (AvgIpc) is 2.31. The van der Waals surface area contributed by atoms with Gasteiger partial charge in [0.15, 0.2) is 0 Å². The van der Waals surface area contributed by atoms with Crippen molar-refractivity contribution in [3.8, 4) is 0 Å². The molecule has 1 aromatic carbocycles. The summed E-state index contributed by atoms with van der Waals surface area (Å²) in [6, 6.07) is 6.22. The maximum absolute atomic E-state index is 13.1. The molecule has 0 unspecified atom stereocenters. The molecule has 0 atom stereocenters. The van der Waals surface area contributed by atoms with Crippen molar-refractivity contribution in [2.75, 3.05) is 13.1 Å². The summed E-state index contributed by atoms with van der Waals surface area (Å²) < 4.78 is 13.1. The Labute approximate surface area is 94.0 Å². The van der Waals surface area contributed by atoms with Crippen LogP contribution >= 0.6 is 0 Å². The molecule has 0 aliphatic carbocycles. The summed E-state index contributed by atoms with van der Waals surface area (Å²) in [5, 5.41) is 15.7. The summed E-state index contributed by atoms with van der Waals surface area (Å²) >= 11 is 0. The fourth-order valence-corrected chi connectivity index (χ4v) is 2.12. The molecular weight excluding hydrogens is 207 g/mol. The number of piperidine rings is 1. The number of halogens is 1. The Bertz CT molecular complexity index is 386. The van der Waals surface area contributed by atoms with Crippen LogP contribution in [0.3, 0.4) is 0 Å². The van der Waals surface area contributed by atoms with Crippen LogP contribution in [0.5, 0.6) is 0 Å². The third-order valence-electron chi connectivity index (χ3n) is 2.95. The van der Waals surface area contributed by atoms with E-state index in [-0.39, 0.29) is 11.7 Å². The highest BCUT2D eigenvalue weighted by molar-refractivity contribution is 6.01. The molecule has 0 spiro atoms. The number of oxime groups is 1. The number of nitrogens with one attached hydrogen (secondary N) is 1. The molecule has 2 rings (SSSR count). The van der Waals surface area contributed by atoms with E-state index in [1.165, 1.54) is 12.1 Å². The highest BCUT2D eigenvalue weighted by Crippen LogP contribution is 2.19. The van der Waals surface area contributed by atoms with Crippen LogP contribution in [-0.4, -0.2) is 24.0 Å². The quantitative estimate of drug-likeness (QED) is 0.456. The van der Waals surface area contributed by atoms with Crippen LogP contribution in [0.15, 0.2) is 29.4 Å². The number of nitrogens with zero attached hydrogens (tertiary/aromatic N) is 1. The molecular formula is C12H15FN2O. The molecule has 0 bridgehead atoms. The zero-order valence-corrected chi connectivity index (χ0v) is 8.99. The van der Waals surface area contributed by atoms with Gasteiger partial charge in [-0.2, -0.15) is 0 Å². The lowest BCUT2D eigenvalue weighted by atomic mass is 9.89. The van der Waals surface area contributed by atoms with E-state index in [1.807, 2.05) is 0 Å². The van der Waals surface area contributed by atoms with Crippen molar-refractivity contribution >= 4 is 5.71 Å². The van der Waals surface area contributed by atoms with Gasteiger partial charge in [0.2, 0.25) is 0 Å². The van der Waals surface area contributed by atoms with Gasteiger partial charge in [-0.15, -0.1) is 0 Å². The van der Waals surface area contributed by atoms with Crippen molar-refractivity contribution in [2.45, 2.75) is 12.8 Å². The van der Waals surface area contributed by atoms with E-state index in [0.717, 1.165) is 25.9 Å². The second kappa shape index (κ2) is 5.07. The molecule has 1 aliphatic rings. The molecule has 0 amide bonds. The van der Waals surface area contributed by atoms with Crippen LogP contribution in [-0.2, 0) is 0 Å². The maximum atomic E-state index is 13.1. The first-order valence-corrected chi connectivity index (χ1v) is 5.50. The molecule has 16 heavy (non-hydrogen) atoms. The standard InChI is InChI=1S/C12H15FN2O/c13-11-3-1-2-10(8-11)12(15-16)9-4-6-14-7-5-9/h1-3,8-9,14,16H,4-7H2/b15-12-. The van der Waals surface area contributed by atoms with E-state index >= 15 is 0 Å². The molecule has 2 N–H and O–H groups in total. The number of rotatable bonds is 2. The fourth-order valence-electron chi connectivity index (χ4n) is 2.12. The van der Waals surface area contributed by atoms with Crippen LogP contribution in [0.2, 0.25) is 0 Å². The van der Waals surface area contributed by atoms with Crippen LogP contribution in [0.4, 0.5) is 4.39 Å². The lowest BCUT2D eigenvalue weighted by Gasteiger charge is -2.23. The molecule has 1 aromatic rings. The summed E-state index contributed by atoms with van der Waals surface area (Å²) in [6.07, 6.45) is 1.85. The van der Waals surface area contributed by atoms with Gasteiger partial charge < -0.3 is 10.5 Å². The minimum Gasteiger partial charge on any atom is -0.411 e. The molecule has 1 fully saturated rings. The first-order valence-electron chi connectivity index (χ1n) is 5.50. The predicted octanol–water partition coefficient (Wildman–Crippen LogP) is 2.00. The third-order valence-corrected chi connectivity index (χ3v) is 2.95. The predicted molar refractivity (Wildman–Crippen MR) is 60.3 cm³/mol. The Morgan fingerprint density at radius 3 is 2.75 bits per heavy atom. The van der Waals surface area contributed by atoms with E-state index in [0.29, 0.717) is 11.3 Å². The van der Waals surface area contributed by atoms with Crippen molar-refractivity contribution in [3.63, 3.8) is 0 Å². The first kappa shape index (κ1) is 11.1. The summed E-state index contributed by atoms with van der Waals surface area (Å²) in [5.41, 5.74) is 1.27. The summed E-state index contributed by atoms with van der Waals surface area (Å²) in [6.45, 7) is 1.83. The van der Waals surface area contributed by atoms with Crippen molar-refractivity contribution < 1.29 is 9.60 Å². The van der Waals surface area contributed by atoms with Crippen molar-refractivity contribution in [3.05, 3.63) is 35.6 Å². The van der Waals surface area contributed by atoms with Crippen LogP contribution < -0.4 is 5.32 Å². The lowest BCUT2D eigenvalue weighted by Crippen LogP contribution is -2.32. The Morgan fingerprint density at radius 1 is 1.38 bits per heavy atom. The maximum Gasteiger partial charge on any atom is 0.123 e. The minimum absolute atomic E-state index is 0.216. The second-order valence-corrected chi connectivity index (χ2v) is 4.02. The van der Waals surface area contributed by atoms with Gasteiger partial charge in [0.05, 0.1) is 5.71 Å². The van der Waals surface area contributed by atoms with E-state index < -0.39 is 0 Å². The number of benzene rings is 1. The normalized spacial score (nSPS) is 18.7. The fraction of sp³-hybridized carbons (Fsp3) is 0.417. The third kappa shape index (κ3) is 2.39. The smallest absolute Gasteiger partial charge is 0.123 e. The molecule has 1 aliphatic heterocycles. The van der Waals surface area contributed by atoms with Crippen molar-refractivity contribution in [1.29, 1.82) is 0 Å². The van der Waals surface area contributed by atoms with Gasteiger partial charge in [-0.3, -0.25) is 0 Å². The summed E-state index contributed by atoms with van der Waals surface area (Å²) in [5.74, 6) is -0.0827. The highest BCUT2D eigenvalue weighted by atomic mass is 19.1. The Hall–Kier alpha value is -1.42. The van der Waals surface area contributed by atoms with Gasteiger partial charge in [-0.1, -0.05) is 17.3 Å². The summed E-state index contributed by atoms with van der Waals surface area (Å²) in [4.78, 5) is 0. The second-order valence-electron chi connectivity index (χ2n) is 4.02. The van der Waals surface area contributed by atoms with E-state index in [1.54, 1.807) is 12.1 Å². The molecule has 0 saturated carbocycles. The minimum atomic E-state index is -0.299. The molecule has 0 aromatic heterocycles. The number of hydrogen-bond donors (Lipinski definition) is 2. The van der Waals surface area contributed by atoms with Gasteiger partial charge in [0.1, 0.15) is 5.82 Å². The van der Waals surface area contributed by atoms with Gasteiger partial charge in [-0.05, 0) is 38.1 Å². The molecule has 86 valence electrons. The number of hydrogen-bond acceptors (Lipinski definition) is 3. The first-order chi connectivity index (χ1) is 7.81.